The Balaban J connectivity index is 2.25. The average molecular weight is 264 g/mol. The van der Waals surface area contributed by atoms with Crippen LogP contribution in [0.15, 0.2) is 0 Å². The molecule has 0 spiro atoms. The minimum Gasteiger partial charge on any atom is -0.394 e. The van der Waals surface area contributed by atoms with E-state index in [-0.39, 0.29) is 36.1 Å². The van der Waals surface area contributed by atoms with Gasteiger partial charge in [-0.25, -0.2) is 13.2 Å². The number of urea groups is 1. The molecule has 0 aromatic heterocycles. The number of sulfone groups is 1. The predicted octanol–water partition coefficient (Wildman–Crippen LogP) is -0.509. The highest BCUT2D eigenvalue weighted by Gasteiger charge is 2.27. The first-order chi connectivity index (χ1) is 7.96. The molecule has 3 N–H and O–H groups in total. The summed E-state index contributed by atoms with van der Waals surface area (Å²) in [6.07, 6.45) is 1.27. The molecule has 2 atom stereocenters. The van der Waals surface area contributed by atoms with E-state index in [1.807, 2.05) is 6.92 Å². The summed E-state index contributed by atoms with van der Waals surface area (Å²) >= 11 is 0. The van der Waals surface area contributed by atoms with Crippen molar-refractivity contribution in [3.8, 4) is 0 Å². The van der Waals surface area contributed by atoms with Gasteiger partial charge in [-0.05, 0) is 18.8 Å². The molecule has 7 heteroatoms. The quantitative estimate of drug-likeness (QED) is 0.623. The van der Waals surface area contributed by atoms with Gasteiger partial charge in [0, 0.05) is 6.54 Å². The molecular weight excluding hydrogens is 244 g/mol. The molecule has 1 saturated heterocycles. The largest absolute Gasteiger partial charge is 0.394 e. The van der Waals surface area contributed by atoms with E-state index in [0.717, 1.165) is 0 Å². The monoisotopic (exact) mass is 264 g/mol. The van der Waals surface area contributed by atoms with Crippen molar-refractivity contribution in [3.05, 3.63) is 0 Å². The molecule has 1 aliphatic heterocycles. The van der Waals surface area contributed by atoms with Crippen LogP contribution >= 0.6 is 0 Å². The highest BCUT2D eigenvalue weighted by atomic mass is 32.2. The number of amides is 2. The molecule has 0 aromatic carbocycles. The number of hydrogen-bond donors (Lipinski definition) is 3. The van der Waals surface area contributed by atoms with Crippen LogP contribution in [-0.4, -0.2) is 50.3 Å². The van der Waals surface area contributed by atoms with Crippen LogP contribution in [0.2, 0.25) is 0 Å². The van der Waals surface area contributed by atoms with Crippen LogP contribution < -0.4 is 10.6 Å². The van der Waals surface area contributed by atoms with Crippen molar-refractivity contribution < 1.29 is 18.3 Å². The molecule has 0 saturated carbocycles. The third kappa shape index (κ3) is 4.91. The smallest absolute Gasteiger partial charge is 0.315 e. The van der Waals surface area contributed by atoms with Gasteiger partial charge in [0.05, 0.1) is 24.2 Å². The van der Waals surface area contributed by atoms with Crippen molar-refractivity contribution in [3.63, 3.8) is 0 Å². The maximum atomic E-state index is 11.4. The van der Waals surface area contributed by atoms with E-state index in [2.05, 4.69) is 10.6 Å². The van der Waals surface area contributed by atoms with Crippen LogP contribution in [0.5, 0.6) is 0 Å². The molecule has 0 aromatic rings. The van der Waals surface area contributed by atoms with E-state index >= 15 is 0 Å². The van der Waals surface area contributed by atoms with Gasteiger partial charge in [-0.2, -0.15) is 0 Å². The predicted molar refractivity (Wildman–Crippen MR) is 64.5 cm³/mol. The van der Waals surface area contributed by atoms with E-state index in [1.165, 1.54) is 0 Å². The molecule has 0 bridgehead atoms. The number of rotatable bonds is 5. The van der Waals surface area contributed by atoms with Gasteiger partial charge in [-0.15, -0.1) is 0 Å². The summed E-state index contributed by atoms with van der Waals surface area (Å²) in [5.41, 5.74) is 0. The van der Waals surface area contributed by atoms with Gasteiger partial charge in [0.15, 0.2) is 9.84 Å². The van der Waals surface area contributed by atoms with Crippen molar-refractivity contribution in [1.82, 2.24) is 10.6 Å². The van der Waals surface area contributed by atoms with Crippen molar-refractivity contribution in [2.75, 3.05) is 24.7 Å². The minimum absolute atomic E-state index is 0.0138. The lowest BCUT2D eigenvalue weighted by Crippen LogP contribution is -2.45. The molecule has 100 valence electrons. The highest BCUT2D eigenvalue weighted by Crippen LogP contribution is 2.17. The zero-order valence-electron chi connectivity index (χ0n) is 9.98. The molecule has 1 heterocycles. The zero-order chi connectivity index (χ0) is 12.9. The van der Waals surface area contributed by atoms with Crippen LogP contribution in [-0.2, 0) is 9.84 Å². The van der Waals surface area contributed by atoms with Gasteiger partial charge >= 0.3 is 6.03 Å². The number of aliphatic hydroxyl groups is 1. The fourth-order valence-electron chi connectivity index (χ4n) is 1.78. The van der Waals surface area contributed by atoms with Gasteiger partial charge in [0.1, 0.15) is 0 Å². The third-order valence-electron chi connectivity index (χ3n) is 2.93. The first-order valence-electron chi connectivity index (χ1n) is 5.82. The molecule has 1 fully saturated rings. The Labute approximate surface area is 102 Å². The molecule has 0 unspecified atom stereocenters. The summed E-state index contributed by atoms with van der Waals surface area (Å²) < 4.78 is 22.4. The first-order valence-corrected chi connectivity index (χ1v) is 7.64. The van der Waals surface area contributed by atoms with Crippen LogP contribution in [0, 0.1) is 5.92 Å². The Hall–Kier alpha value is -0.820. The maximum Gasteiger partial charge on any atom is 0.315 e. The minimum atomic E-state index is -2.89. The lowest BCUT2D eigenvalue weighted by atomic mass is 10.1. The Morgan fingerprint density at radius 3 is 2.71 bits per heavy atom. The molecule has 2 amide bonds. The molecule has 1 rings (SSSR count). The van der Waals surface area contributed by atoms with Gasteiger partial charge in [-0.1, -0.05) is 6.92 Å². The standard InChI is InChI=1S/C10H20N2O4S/c1-2-9(6-13)12-10(14)11-5-8-3-4-17(15,16)7-8/h8-9,13H,2-7H2,1H3,(H2,11,12,14)/t8-,9-/m0/s1. The van der Waals surface area contributed by atoms with Gasteiger partial charge in [0.25, 0.3) is 0 Å². The van der Waals surface area contributed by atoms with Crippen molar-refractivity contribution in [1.29, 1.82) is 0 Å². The number of nitrogens with one attached hydrogen (secondary N) is 2. The average Bonchev–Trinajstić information content (AvgIpc) is 2.63. The van der Waals surface area contributed by atoms with Crippen LogP contribution in [0.25, 0.3) is 0 Å². The Morgan fingerprint density at radius 2 is 2.24 bits per heavy atom. The third-order valence-corrected chi connectivity index (χ3v) is 4.76. The maximum absolute atomic E-state index is 11.4. The fraction of sp³-hybridized carbons (Fsp3) is 0.900. The van der Waals surface area contributed by atoms with Crippen molar-refractivity contribution >= 4 is 15.9 Å². The van der Waals surface area contributed by atoms with E-state index in [4.69, 9.17) is 5.11 Å². The zero-order valence-corrected chi connectivity index (χ0v) is 10.8. The Bertz CT molecular complexity index is 351. The van der Waals surface area contributed by atoms with E-state index in [9.17, 15) is 13.2 Å². The highest BCUT2D eigenvalue weighted by molar-refractivity contribution is 7.91. The van der Waals surface area contributed by atoms with E-state index in [0.29, 0.717) is 19.4 Å². The normalized spacial score (nSPS) is 24.2. The molecule has 6 nitrogen and oxygen atoms in total. The summed E-state index contributed by atoms with van der Waals surface area (Å²) in [6, 6.07) is -0.600. The van der Waals surface area contributed by atoms with Crippen molar-refractivity contribution in [2.45, 2.75) is 25.8 Å². The number of carbonyl (C=O) groups is 1. The molecule has 0 aliphatic carbocycles. The SMILES string of the molecule is CC[C@@H](CO)NC(=O)NC[C@@H]1CCS(=O)(=O)C1. The second-order valence-electron chi connectivity index (χ2n) is 4.41. The fourth-order valence-corrected chi connectivity index (χ4v) is 3.65. The topological polar surface area (TPSA) is 95.5 Å². The van der Waals surface area contributed by atoms with Gasteiger partial charge in [0.2, 0.25) is 0 Å². The van der Waals surface area contributed by atoms with E-state index < -0.39 is 9.84 Å². The molecule has 17 heavy (non-hydrogen) atoms. The molecule has 1 aliphatic rings. The summed E-state index contributed by atoms with van der Waals surface area (Å²) in [4.78, 5) is 11.4. The lowest BCUT2D eigenvalue weighted by molar-refractivity contribution is 0.213. The Morgan fingerprint density at radius 1 is 1.53 bits per heavy atom. The summed E-state index contributed by atoms with van der Waals surface area (Å²) in [5.74, 6) is 0.389. The van der Waals surface area contributed by atoms with Crippen LogP contribution in [0.3, 0.4) is 0 Å². The second-order valence-corrected chi connectivity index (χ2v) is 6.64. The van der Waals surface area contributed by atoms with Gasteiger partial charge < -0.3 is 15.7 Å². The number of hydrogen-bond acceptors (Lipinski definition) is 4. The van der Waals surface area contributed by atoms with Crippen molar-refractivity contribution in [2.24, 2.45) is 5.92 Å². The second kappa shape index (κ2) is 6.20. The first kappa shape index (κ1) is 14.2. The lowest BCUT2D eigenvalue weighted by Gasteiger charge is -2.16. The van der Waals surface area contributed by atoms with E-state index in [1.54, 1.807) is 0 Å². The van der Waals surface area contributed by atoms with Crippen LogP contribution in [0.4, 0.5) is 4.79 Å². The van der Waals surface area contributed by atoms with Gasteiger partial charge in [-0.3, -0.25) is 0 Å². The van der Waals surface area contributed by atoms with Crippen LogP contribution in [0.1, 0.15) is 19.8 Å². The summed E-state index contributed by atoms with van der Waals surface area (Å²) in [5, 5.41) is 14.1. The summed E-state index contributed by atoms with van der Waals surface area (Å²) in [7, 11) is -2.89. The molecule has 0 radical (unpaired) electrons. The Kier molecular flexibility index (Phi) is 5.20. The number of aliphatic hydroxyl groups excluding tert-OH is 1. The number of carbonyl (C=O) groups excluding carboxylic acids is 1. The molecular formula is C10H20N2O4S. The summed E-state index contributed by atoms with van der Waals surface area (Å²) in [6.45, 7) is 2.14.